The summed E-state index contributed by atoms with van der Waals surface area (Å²) in [4.78, 5) is 3.02. The Morgan fingerprint density at radius 2 is 2.33 bits per heavy atom. The lowest BCUT2D eigenvalue weighted by atomic mass is 9.97. The molecule has 0 spiro atoms. The van der Waals surface area contributed by atoms with Crippen molar-refractivity contribution in [1.29, 1.82) is 0 Å². The first kappa shape index (κ1) is 13.6. The molecule has 1 aliphatic heterocycles. The molecule has 0 amide bonds. The van der Waals surface area contributed by atoms with E-state index in [0.29, 0.717) is 24.7 Å². The van der Waals surface area contributed by atoms with Gasteiger partial charge in [0.15, 0.2) is 0 Å². The average molecular weight is 272 g/mol. The van der Waals surface area contributed by atoms with Crippen LogP contribution in [0.1, 0.15) is 31.9 Å². The molecule has 1 aromatic heterocycles. The normalized spacial score (nSPS) is 22.2. The quantitative estimate of drug-likeness (QED) is 0.868. The van der Waals surface area contributed by atoms with Crippen LogP contribution in [0.3, 0.4) is 0 Å². The Morgan fingerprint density at radius 3 is 2.94 bits per heavy atom. The first-order valence-corrected chi connectivity index (χ1v) is 7.80. The summed E-state index contributed by atoms with van der Waals surface area (Å²) in [5.41, 5.74) is 0.526. The monoisotopic (exact) mass is 272 g/mol. The zero-order valence-corrected chi connectivity index (χ0v) is 11.4. The third-order valence-electron chi connectivity index (χ3n) is 3.58. The van der Waals surface area contributed by atoms with Gasteiger partial charge in [0.25, 0.3) is 0 Å². The van der Waals surface area contributed by atoms with Gasteiger partial charge in [-0.2, -0.15) is 4.31 Å². The van der Waals surface area contributed by atoms with Crippen LogP contribution in [0, 0.1) is 5.92 Å². The Balaban J connectivity index is 2.19. The van der Waals surface area contributed by atoms with Crippen molar-refractivity contribution in [2.75, 3.05) is 13.1 Å². The molecule has 0 bridgehead atoms. The van der Waals surface area contributed by atoms with Crippen molar-refractivity contribution in [2.45, 2.75) is 37.7 Å². The third-order valence-corrected chi connectivity index (χ3v) is 5.43. The fourth-order valence-corrected chi connectivity index (χ4v) is 3.96. The van der Waals surface area contributed by atoms with Crippen LogP contribution in [0.15, 0.2) is 17.2 Å². The molecule has 2 rings (SSSR count). The molecule has 18 heavy (non-hydrogen) atoms. The van der Waals surface area contributed by atoms with Crippen molar-refractivity contribution in [2.24, 2.45) is 5.92 Å². The topological polar surface area (TPSA) is 73.4 Å². The summed E-state index contributed by atoms with van der Waals surface area (Å²) < 4.78 is 26.4. The van der Waals surface area contributed by atoms with Gasteiger partial charge in [-0.05, 0) is 24.8 Å². The Bertz CT molecular complexity index is 495. The number of nitrogens with one attached hydrogen (secondary N) is 1. The number of hydrogen-bond acceptors (Lipinski definition) is 3. The van der Waals surface area contributed by atoms with Crippen molar-refractivity contribution in [3.8, 4) is 0 Å². The molecule has 2 heterocycles. The highest BCUT2D eigenvalue weighted by Crippen LogP contribution is 2.25. The summed E-state index contributed by atoms with van der Waals surface area (Å²) in [7, 11) is -3.40. The van der Waals surface area contributed by atoms with Gasteiger partial charge in [0, 0.05) is 25.0 Å². The summed E-state index contributed by atoms with van der Waals surface area (Å²) in [6.45, 7) is 3.13. The van der Waals surface area contributed by atoms with E-state index in [1.165, 1.54) is 12.3 Å². The van der Waals surface area contributed by atoms with E-state index in [9.17, 15) is 8.42 Å². The number of aliphatic hydroxyl groups is 1. The number of hydrogen-bond donors (Lipinski definition) is 2. The first-order valence-electron chi connectivity index (χ1n) is 6.36. The lowest BCUT2D eigenvalue weighted by Gasteiger charge is -2.31. The largest absolute Gasteiger partial charge is 0.390 e. The minimum atomic E-state index is -3.40. The molecule has 1 unspecified atom stereocenters. The highest BCUT2D eigenvalue weighted by atomic mass is 32.2. The summed E-state index contributed by atoms with van der Waals surface area (Å²) in [6.07, 6.45) is 4.50. The zero-order chi connectivity index (χ0) is 13.2. The van der Waals surface area contributed by atoms with Crippen LogP contribution in [0.4, 0.5) is 0 Å². The standard InChI is InChI=1S/C12H20N2O3S/c1-2-10-4-3-5-14(8-10)18(16,17)12-6-11(9-15)13-7-12/h6-7,10,13,15H,2-5,8-9H2,1H3. The molecule has 1 atom stereocenters. The number of H-pyrrole nitrogens is 1. The van der Waals surface area contributed by atoms with Crippen molar-refractivity contribution < 1.29 is 13.5 Å². The van der Waals surface area contributed by atoms with Crippen LogP contribution in [-0.4, -0.2) is 35.9 Å². The zero-order valence-electron chi connectivity index (χ0n) is 10.6. The molecule has 102 valence electrons. The minimum Gasteiger partial charge on any atom is -0.390 e. The van der Waals surface area contributed by atoms with E-state index in [0.717, 1.165) is 19.3 Å². The van der Waals surface area contributed by atoms with Crippen molar-refractivity contribution in [3.05, 3.63) is 18.0 Å². The van der Waals surface area contributed by atoms with E-state index in [2.05, 4.69) is 11.9 Å². The summed E-state index contributed by atoms with van der Waals surface area (Å²) in [6, 6.07) is 1.50. The highest BCUT2D eigenvalue weighted by molar-refractivity contribution is 7.89. The predicted molar refractivity (Wildman–Crippen MR) is 68.5 cm³/mol. The van der Waals surface area contributed by atoms with Crippen molar-refractivity contribution in [3.63, 3.8) is 0 Å². The van der Waals surface area contributed by atoms with E-state index < -0.39 is 10.0 Å². The maximum absolute atomic E-state index is 12.4. The van der Waals surface area contributed by atoms with E-state index in [1.54, 1.807) is 4.31 Å². The minimum absolute atomic E-state index is 0.174. The van der Waals surface area contributed by atoms with Gasteiger partial charge in [0.05, 0.1) is 11.5 Å². The van der Waals surface area contributed by atoms with E-state index in [4.69, 9.17) is 5.11 Å². The van der Waals surface area contributed by atoms with Crippen LogP contribution in [0.25, 0.3) is 0 Å². The Kier molecular flexibility index (Phi) is 4.09. The van der Waals surface area contributed by atoms with Crippen LogP contribution in [-0.2, 0) is 16.6 Å². The smallest absolute Gasteiger partial charge is 0.244 e. The second-order valence-corrected chi connectivity index (χ2v) is 6.74. The maximum Gasteiger partial charge on any atom is 0.244 e. The van der Waals surface area contributed by atoms with Crippen molar-refractivity contribution >= 4 is 10.0 Å². The lowest BCUT2D eigenvalue weighted by Crippen LogP contribution is -2.39. The van der Waals surface area contributed by atoms with E-state index >= 15 is 0 Å². The first-order chi connectivity index (χ1) is 8.57. The summed E-state index contributed by atoms with van der Waals surface area (Å²) in [5, 5.41) is 8.97. The number of piperidine rings is 1. The van der Waals surface area contributed by atoms with Gasteiger partial charge in [-0.25, -0.2) is 8.42 Å². The summed E-state index contributed by atoms with van der Waals surface area (Å²) in [5.74, 6) is 0.463. The maximum atomic E-state index is 12.4. The molecule has 0 saturated carbocycles. The van der Waals surface area contributed by atoms with Gasteiger partial charge in [0.2, 0.25) is 10.0 Å². The van der Waals surface area contributed by atoms with Crippen LogP contribution in [0.2, 0.25) is 0 Å². The van der Waals surface area contributed by atoms with Gasteiger partial charge < -0.3 is 10.1 Å². The molecule has 0 radical (unpaired) electrons. The molecule has 6 heteroatoms. The SMILES string of the molecule is CCC1CCCN(S(=O)(=O)c2c[nH]c(CO)c2)C1. The molecule has 1 saturated heterocycles. The van der Waals surface area contributed by atoms with Crippen LogP contribution < -0.4 is 0 Å². The Hall–Kier alpha value is -0.850. The second kappa shape index (κ2) is 5.42. The molecular weight excluding hydrogens is 252 g/mol. The fraction of sp³-hybridized carbons (Fsp3) is 0.667. The van der Waals surface area contributed by atoms with Gasteiger partial charge in [-0.1, -0.05) is 13.3 Å². The molecule has 5 nitrogen and oxygen atoms in total. The molecule has 2 N–H and O–H groups in total. The van der Waals surface area contributed by atoms with E-state index in [1.807, 2.05) is 0 Å². The molecule has 1 aliphatic rings. The van der Waals surface area contributed by atoms with Crippen LogP contribution >= 0.6 is 0 Å². The molecular formula is C12H20N2O3S. The highest BCUT2D eigenvalue weighted by Gasteiger charge is 2.30. The number of rotatable bonds is 4. The summed E-state index contributed by atoms with van der Waals surface area (Å²) >= 11 is 0. The number of aromatic amines is 1. The van der Waals surface area contributed by atoms with Crippen LogP contribution in [0.5, 0.6) is 0 Å². The van der Waals surface area contributed by atoms with Gasteiger partial charge in [0.1, 0.15) is 0 Å². The van der Waals surface area contributed by atoms with Gasteiger partial charge >= 0.3 is 0 Å². The third kappa shape index (κ3) is 2.60. The molecule has 0 aromatic carbocycles. The molecule has 1 fully saturated rings. The van der Waals surface area contributed by atoms with E-state index in [-0.39, 0.29) is 11.5 Å². The second-order valence-electron chi connectivity index (χ2n) is 4.80. The number of aliphatic hydroxyl groups excluding tert-OH is 1. The lowest BCUT2D eigenvalue weighted by molar-refractivity contribution is 0.261. The fourth-order valence-electron chi connectivity index (χ4n) is 2.39. The van der Waals surface area contributed by atoms with Crippen molar-refractivity contribution in [1.82, 2.24) is 9.29 Å². The molecule has 0 aliphatic carbocycles. The van der Waals surface area contributed by atoms with Gasteiger partial charge in [-0.3, -0.25) is 0 Å². The van der Waals surface area contributed by atoms with Gasteiger partial charge in [-0.15, -0.1) is 0 Å². The number of sulfonamides is 1. The Labute approximate surface area is 108 Å². The Morgan fingerprint density at radius 1 is 1.56 bits per heavy atom. The molecule has 1 aromatic rings. The number of nitrogens with zero attached hydrogens (tertiary/aromatic N) is 1. The number of aromatic nitrogens is 1. The predicted octanol–water partition coefficient (Wildman–Crippen LogP) is 1.32. The average Bonchev–Trinajstić information content (AvgIpc) is 2.88.